The fraction of sp³-hybridized carbons (Fsp3) is 0.950. The molecule has 0 saturated carbocycles. The molecule has 0 aliphatic carbocycles. The van der Waals surface area contributed by atoms with Crippen LogP contribution in [0.5, 0.6) is 0 Å². The average molecular weight is 345 g/mol. The Balaban J connectivity index is 3.38. The van der Waals surface area contributed by atoms with Crippen LogP contribution in [-0.4, -0.2) is 37.5 Å². The lowest BCUT2D eigenvalue weighted by atomic mass is 10.0. The van der Waals surface area contributed by atoms with Crippen LogP contribution in [0.15, 0.2) is 0 Å². The van der Waals surface area contributed by atoms with E-state index in [-0.39, 0.29) is 12.1 Å². The number of aliphatic hydroxyl groups is 1. The van der Waals surface area contributed by atoms with E-state index in [1.54, 1.807) is 7.11 Å². The second kappa shape index (κ2) is 17.2. The Hall–Kier alpha value is -0.610. The van der Waals surface area contributed by atoms with Crippen molar-refractivity contribution < 1.29 is 19.4 Å². The molecule has 0 radical (unpaired) electrons. The largest absolute Gasteiger partial charge is 0.467 e. The molecule has 0 fully saturated rings. The lowest BCUT2D eigenvalue weighted by molar-refractivity contribution is -0.152. The molecule has 0 aromatic rings. The van der Waals surface area contributed by atoms with Crippen LogP contribution < -0.4 is 0 Å². The first-order valence-corrected chi connectivity index (χ1v) is 9.94. The molecule has 4 heteroatoms. The van der Waals surface area contributed by atoms with Crippen LogP contribution in [0.3, 0.4) is 0 Å². The molecule has 0 aliphatic rings. The first-order valence-electron chi connectivity index (χ1n) is 9.94. The van der Waals surface area contributed by atoms with Crippen molar-refractivity contribution in [3.05, 3.63) is 0 Å². The van der Waals surface area contributed by atoms with Crippen molar-refractivity contribution in [1.29, 1.82) is 0 Å². The highest BCUT2D eigenvalue weighted by Crippen LogP contribution is 2.15. The molecule has 0 aliphatic heterocycles. The number of hydrogen-bond donors (Lipinski definition) is 1. The zero-order valence-electron chi connectivity index (χ0n) is 16.2. The number of unbranched alkanes of at least 4 members (excludes halogenated alkanes) is 9. The normalized spacial score (nSPS) is 13.7. The summed E-state index contributed by atoms with van der Waals surface area (Å²) in [5, 5.41) is 9.98. The van der Waals surface area contributed by atoms with Crippen molar-refractivity contribution >= 4 is 5.97 Å². The minimum Gasteiger partial charge on any atom is -0.467 e. The van der Waals surface area contributed by atoms with E-state index in [1.165, 1.54) is 39.2 Å². The van der Waals surface area contributed by atoms with Gasteiger partial charge in [-0.3, -0.25) is 0 Å². The van der Waals surface area contributed by atoms with E-state index < -0.39 is 6.10 Å². The smallest absolute Gasteiger partial charge is 0.334 e. The molecule has 0 rings (SSSR count). The molecular weight excluding hydrogens is 304 g/mol. The molecule has 0 aromatic heterocycles. The van der Waals surface area contributed by atoms with Crippen LogP contribution in [0.2, 0.25) is 0 Å². The van der Waals surface area contributed by atoms with Crippen LogP contribution in [0, 0.1) is 0 Å². The van der Waals surface area contributed by atoms with Crippen molar-refractivity contribution in [3.63, 3.8) is 0 Å². The monoisotopic (exact) mass is 344 g/mol. The van der Waals surface area contributed by atoms with Crippen molar-refractivity contribution in [2.24, 2.45) is 0 Å². The number of carbonyl (C=O) groups is 1. The molecule has 0 heterocycles. The van der Waals surface area contributed by atoms with Gasteiger partial charge in [-0.2, -0.15) is 0 Å². The minimum absolute atomic E-state index is 0.117. The summed E-state index contributed by atoms with van der Waals surface area (Å²) in [6.07, 6.45) is 15.3. The quantitative estimate of drug-likeness (QED) is 0.297. The summed E-state index contributed by atoms with van der Waals surface area (Å²) in [6, 6.07) is 0. The van der Waals surface area contributed by atoms with Crippen LogP contribution in [0.4, 0.5) is 0 Å². The molecule has 2 atom stereocenters. The molecule has 0 aromatic carbocycles. The van der Waals surface area contributed by atoms with Crippen LogP contribution in [0.25, 0.3) is 0 Å². The van der Waals surface area contributed by atoms with E-state index in [0.29, 0.717) is 0 Å². The third-order valence-corrected chi connectivity index (χ3v) is 4.64. The van der Waals surface area contributed by atoms with E-state index >= 15 is 0 Å². The summed E-state index contributed by atoms with van der Waals surface area (Å²) < 4.78 is 9.82. The molecule has 4 nitrogen and oxygen atoms in total. The lowest BCUT2D eigenvalue weighted by Gasteiger charge is -2.12. The Kier molecular flexibility index (Phi) is 16.8. The molecule has 0 saturated heterocycles. The summed E-state index contributed by atoms with van der Waals surface area (Å²) in [6.45, 7) is 2.23. The maximum Gasteiger partial charge on any atom is 0.334 e. The van der Waals surface area contributed by atoms with Gasteiger partial charge in [0.1, 0.15) is 0 Å². The van der Waals surface area contributed by atoms with Gasteiger partial charge < -0.3 is 14.6 Å². The predicted molar refractivity (Wildman–Crippen MR) is 99.1 cm³/mol. The van der Waals surface area contributed by atoms with Gasteiger partial charge >= 0.3 is 5.97 Å². The minimum atomic E-state index is -0.422. The van der Waals surface area contributed by atoms with Gasteiger partial charge in [-0.15, -0.1) is 0 Å². The molecular formula is C20H40O4. The number of methoxy groups -OCH3 is 2. The molecule has 24 heavy (non-hydrogen) atoms. The van der Waals surface area contributed by atoms with Crippen LogP contribution in [0.1, 0.15) is 96.8 Å². The van der Waals surface area contributed by atoms with Crippen molar-refractivity contribution in [2.45, 2.75) is 109 Å². The second-order valence-corrected chi connectivity index (χ2v) is 6.80. The van der Waals surface area contributed by atoms with E-state index in [2.05, 4.69) is 6.92 Å². The molecule has 144 valence electrons. The van der Waals surface area contributed by atoms with Crippen molar-refractivity contribution in [3.8, 4) is 0 Å². The van der Waals surface area contributed by atoms with E-state index in [4.69, 9.17) is 9.47 Å². The van der Waals surface area contributed by atoms with E-state index in [0.717, 1.165) is 57.8 Å². The highest BCUT2D eigenvalue weighted by Gasteiger charge is 2.17. The average Bonchev–Trinajstić information content (AvgIpc) is 2.59. The molecule has 2 unspecified atom stereocenters. The Labute approximate surface area is 149 Å². The first-order chi connectivity index (χ1) is 11.7. The van der Waals surface area contributed by atoms with Gasteiger partial charge in [-0.1, -0.05) is 77.6 Å². The highest BCUT2D eigenvalue weighted by molar-refractivity contribution is 5.74. The summed E-state index contributed by atoms with van der Waals surface area (Å²) in [4.78, 5) is 11.4. The zero-order chi connectivity index (χ0) is 18.0. The Morgan fingerprint density at radius 2 is 1.25 bits per heavy atom. The standard InChI is InChI=1S/C20H40O4/c1-4-5-6-7-9-12-15-18(21)16-13-10-8-11-14-17-19(23-2)20(22)24-3/h18-19,21H,4-17H2,1-3H3. The van der Waals surface area contributed by atoms with E-state index in [1.807, 2.05) is 0 Å². The number of aliphatic hydroxyl groups excluding tert-OH is 1. The summed E-state index contributed by atoms with van der Waals surface area (Å²) in [5.41, 5.74) is 0. The van der Waals surface area contributed by atoms with Gasteiger partial charge in [0.15, 0.2) is 6.10 Å². The van der Waals surface area contributed by atoms with Gasteiger partial charge in [0, 0.05) is 7.11 Å². The van der Waals surface area contributed by atoms with Crippen molar-refractivity contribution in [1.82, 2.24) is 0 Å². The summed E-state index contributed by atoms with van der Waals surface area (Å²) >= 11 is 0. The number of hydrogen-bond acceptors (Lipinski definition) is 4. The lowest BCUT2D eigenvalue weighted by Crippen LogP contribution is -2.24. The maximum atomic E-state index is 11.4. The Bertz CT molecular complexity index is 281. The van der Waals surface area contributed by atoms with Gasteiger partial charge in [-0.05, 0) is 19.3 Å². The molecule has 0 amide bonds. The first kappa shape index (κ1) is 23.4. The van der Waals surface area contributed by atoms with Crippen molar-refractivity contribution in [2.75, 3.05) is 14.2 Å². The number of rotatable bonds is 17. The summed E-state index contributed by atoms with van der Waals surface area (Å²) in [7, 11) is 2.94. The van der Waals surface area contributed by atoms with Gasteiger partial charge in [0.05, 0.1) is 13.2 Å². The predicted octanol–water partition coefficient (Wildman–Crippen LogP) is 5.02. The molecule has 1 N–H and O–H groups in total. The van der Waals surface area contributed by atoms with E-state index in [9.17, 15) is 9.90 Å². The fourth-order valence-electron chi connectivity index (χ4n) is 3.01. The number of carbonyl (C=O) groups excluding carboxylic acids is 1. The SMILES string of the molecule is CCCCCCCCC(O)CCCCCCCC(OC)C(=O)OC. The third-order valence-electron chi connectivity index (χ3n) is 4.64. The summed E-state index contributed by atoms with van der Waals surface area (Å²) in [5.74, 6) is -0.282. The number of esters is 1. The van der Waals surface area contributed by atoms with Crippen LogP contribution >= 0.6 is 0 Å². The van der Waals surface area contributed by atoms with Gasteiger partial charge in [0.2, 0.25) is 0 Å². The zero-order valence-corrected chi connectivity index (χ0v) is 16.2. The highest BCUT2D eigenvalue weighted by atomic mass is 16.6. The maximum absolute atomic E-state index is 11.4. The Morgan fingerprint density at radius 3 is 1.71 bits per heavy atom. The van der Waals surface area contributed by atoms with Gasteiger partial charge in [0.25, 0.3) is 0 Å². The molecule has 0 spiro atoms. The fourth-order valence-corrected chi connectivity index (χ4v) is 3.01. The second-order valence-electron chi connectivity index (χ2n) is 6.80. The van der Waals surface area contributed by atoms with Crippen LogP contribution in [-0.2, 0) is 14.3 Å². The topological polar surface area (TPSA) is 55.8 Å². The molecule has 0 bridgehead atoms. The Morgan fingerprint density at radius 1 is 0.792 bits per heavy atom. The van der Waals surface area contributed by atoms with Gasteiger partial charge in [-0.25, -0.2) is 4.79 Å². The third kappa shape index (κ3) is 13.8. The number of ether oxygens (including phenoxy) is 2.